The molecule has 6 fully saturated rings. The first-order valence-corrected chi connectivity index (χ1v) is 8.33. The van der Waals surface area contributed by atoms with Crippen LogP contribution in [0.2, 0.25) is 0 Å². The summed E-state index contributed by atoms with van der Waals surface area (Å²) in [6.45, 7) is 0. The van der Waals surface area contributed by atoms with Gasteiger partial charge in [-0.1, -0.05) is 62.2 Å². The largest absolute Gasteiger partial charge is 0.383 e. The van der Waals surface area contributed by atoms with Crippen molar-refractivity contribution in [2.24, 2.45) is 35.5 Å². The van der Waals surface area contributed by atoms with E-state index >= 15 is 0 Å². The lowest BCUT2D eigenvalue weighted by molar-refractivity contribution is -0.337. The molecular weight excluding hydrogens is 356 g/mol. The van der Waals surface area contributed by atoms with Crippen molar-refractivity contribution in [3.8, 4) is 0 Å². The molecule has 18 heavy (non-hydrogen) atoms. The van der Waals surface area contributed by atoms with E-state index in [4.69, 9.17) is 0 Å². The molecule has 0 radical (unpaired) electrons. The molecule has 3 heteroatoms. The van der Waals surface area contributed by atoms with Crippen molar-refractivity contribution in [2.75, 3.05) is 0 Å². The first-order valence-electron chi connectivity index (χ1n) is 6.74. The van der Waals surface area contributed by atoms with Gasteiger partial charge < -0.3 is 5.11 Å². The Morgan fingerprint density at radius 3 is 1.94 bits per heavy atom. The molecule has 92 valence electrons. The molecule has 7 rings (SSSR count). The summed E-state index contributed by atoms with van der Waals surface area (Å²) in [4.78, 5) is 0. The fraction of sp³-hybridized carbons (Fsp3) is 0.600. The highest BCUT2D eigenvalue weighted by Gasteiger charge is 3.07. The van der Waals surface area contributed by atoms with Crippen LogP contribution in [0.15, 0.2) is 30.3 Å². The van der Waals surface area contributed by atoms with Gasteiger partial charge in [0.25, 0.3) is 0 Å². The van der Waals surface area contributed by atoms with Crippen LogP contribution in [0.3, 0.4) is 0 Å². The van der Waals surface area contributed by atoms with E-state index < -0.39 is 5.60 Å². The van der Waals surface area contributed by atoms with Gasteiger partial charge in [0.15, 0.2) is 0 Å². The van der Waals surface area contributed by atoms with Crippen molar-refractivity contribution >= 4 is 31.9 Å². The summed E-state index contributed by atoms with van der Waals surface area (Å²) in [5, 5.41) is 11.5. The summed E-state index contributed by atoms with van der Waals surface area (Å²) in [5.74, 6) is 4.17. The van der Waals surface area contributed by atoms with Crippen LogP contribution in [0.1, 0.15) is 5.56 Å². The van der Waals surface area contributed by atoms with Crippen molar-refractivity contribution in [1.82, 2.24) is 0 Å². The molecule has 1 nitrogen and oxygen atoms in total. The van der Waals surface area contributed by atoms with Crippen LogP contribution in [0.4, 0.5) is 0 Å². The third-order valence-corrected chi connectivity index (χ3v) is 10.4. The Balaban J connectivity index is 1.62. The average Bonchev–Trinajstić information content (AvgIpc) is 2.54. The minimum Gasteiger partial charge on any atom is -0.383 e. The summed E-state index contributed by atoms with van der Waals surface area (Å²) in [7, 11) is 0. The van der Waals surface area contributed by atoms with Crippen molar-refractivity contribution in [1.29, 1.82) is 0 Å². The minimum absolute atomic E-state index is 0.0124. The monoisotopic (exact) mass is 366 g/mol. The van der Waals surface area contributed by atoms with Gasteiger partial charge >= 0.3 is 0 Å². The molecule has 1 N–H and O–H groups in total. The van der Waals surface area contributed by atoms with Gasteiger partial charge in [-0.3, -0.25) is 0 Å². The molecule has 0 spiro atoms. The van der Waals surface area contributed by atoms with Crippen molar-refractivity contribution in [3.63, 3.8) is 0 Å². The topological polar surface area (TPSA) is 20.2 Å². The van der Waals surface area contributed by atoms with Crippen LogP contribution in [-0.2, 0) is 5.60 Å². The molecule has 0 amide bonds. The van der Waals surface area contributed by atoms with Gasteiger partial charge in [0, 0.05) is 10.2 Å². The second-order valence-corrected chi connectivity index (χ2v) is 9.57. The summed E-state index contributed by atoms with van der Waals surface area (Å²) in [6, 6.07) is 10.3. The minimum atomic E-state index is -0.622. The number of hydrogen-bond acceptors (Lipinski definition) is 1. The molecule has 5 unspecified atom stereocenters. The van der Waals surface area contributed by atoms with Crippen LogP contribution in [-0.4, -0.2) is 13.8 Å². The maximum absolute atomic E-state index is 11.5. The van der Waals surface area contributed by atoms with Crippen molar-refractivity contribution in [3.05, 3.63) is 35.9 Å². The first kappa shape index (κ1) is 9.95. The quantitative estimate of drug-likeness (QED) is 0.756. The zero-order valence-electron chi connectivity index (χ0n) is 9.55. The molecule has 0 aromatic heterocycles. The Morgan fingerprint density at radius 2 is 1.39 bits per heavy atom. The highest BCUT2D eigenvalue weighted by atomic mass is 79.9. The van der Waals surface area contributed by atoms with E-state index in [1.807, 2.05) is 6.07 Å². The number of aliphatic hydroxyl groups is 1. The third kappa shape index (κ3) is 0.535. The average molecular weight is 368 g/mol. The molecule has 6 saturated carbocycles. The smallest absolute Gasteiger partial charge is 0.109 e. The van der Waals surface area contributed by atoms with E-state index in [2.05, 4.69) is 56.1 Å². The Morgan fingerprint density at radius 1 is 0.833 bits per heavy atom. The molecule has 2 bridgehead atoms. The maximum atomic E-state index is 11.5. The lowest BCUT2D eigenvalue weighted by Gasteiger charge is -2.90. The molecule has 0 saturated heterocycles. The van der Waals surface area contributed by atoms with Crippen LogP contribution < -0.4 is 0 Å². The zero-order valence-corrected chi connectivity index (χ0v) is 12.7. The van der Waals surface area contributed by atoms with Gasteiger partial charge in [-0.05, 0) is 35.2 Å². The van der Waals surface area contributed by atoms with Crippen molar-refractivity contribution in [2.45, 2.75) is 14.2 Å². The second-order valence-electron chi connectivity index (χ2n) is 6.88. The molecule has 1 aromatic rings. The third-order valence-electron chi connectivity index (χ3n) is 7.10. The normalized spacial score (nSPS) is 71.7. The van der Waals surface area contributed by atoms with Gasteiger partial charge in [-0.15, -0.1) is 0 Å². The summed E-state index contributed by atoms with van der Waals surface area (Å²) < 4.78 is 0.422. The molecule has 6 aliphatic carbocycles. The SMILES string of the molecule is OC1(c2ccccc2)C2C3C4C5C(C2C35Br)C41Br. The number of alkyl halides is 2. The number of halogens is 2. The zero-order chi connectivity index (χ0) is 12.1. The fourth-order valence-corrected chi connectivity index (χ4v) is 10.2. The first-order chi connectivity index (χ1) is 8.59. The Bertz CT molecular complexity index is 594. The van der Waals surface area contributed by atoms with Crippen LogP contribution in [0.25, 0.3) is 0 Å². The summed E-state index contributed by atoms with van der Waals surface area (Å²) in [6.07, 6.45) is 0. The van der Waals surface area contributed by atoms with E-state index in [0.29, 0.717) is 33.9 Å². The Hall–Kier alpha value is 0.140. The lowest BCUT2D eigenvalue weighted by Crippen LogP contribution is -2.93. The standard InChI is InChI=1S/C15H12Br2O/c16-13-7-10-8(13)12-9(13)11(7)14(10,17)15(12,18)6-4-2-1-3-5-6/h1-5,7-12,18H. The van der Waals surface area contributed by atoms with Crippen molar-refractivity contribution < 1.29 is 5.11 Å². The molecule has 6 aliphatic rings. The molecule has 0 aliphatic heterocycles. The van der Waals surface area contributed by atoms with E-state index in [0.717, 1.165) is 11.5 Å². The molecule has 1 aromatic carbocycles. The Labute approximate surface area is 122 Å². The summed E-state index contributed by atoms with van der Waals surface area (Å²) in [5.41, 5.74) is 0.505. The molecule has 5 atom stereocenters. The molecule has 0 heterocycles. The van der Waals surface area contributed by atoms with E-state index in [1.165, 1.54) is 0 Å². The van der Waals surface area contributed by atoms with Gasteiger partial charge in [-0.25, -0.2) is 0 Å². The van der Waals surface area contributed by atoms with Gasteiger partial charge in [-0.2, -0.15) is 0 Å². The van der Waals surface area contributed by atoms with Gasteiger partial charge in [0.1, 0.15) is 5.60 Å². The van der Waals surface area contributed by atoms with Crippen LogP contribution >= 0.6 is 31.9 Å². The van der Waals surface area contributed by atoms with Gasteiger partial charge in [0.2, 0.25) is 0 Å². The van der Waals surface area contributed by atoms with Crippen LogP contribution in [0, 0.1) is 35.5 Å². The second kappa shape index (κ2) is 2.29. The van der Waals surface area contributed by atoms with E-state index in [9.17, 15) is 5.11 Å². The molecular formula is C15H12Br2O. The highest BCUT2D eigenvalue weighted by Crippen LogP contribution is 3.03. The maximum Gasteiger partial charge on any atom is 0.109 e. The Kier molecular flexibility index (Phi) is 1.27. The number of rotatable bonds is 1. The number of hydrogen-bond donors (Lipinski definition) is 1. The van der Waals surface area contributed by atoms with Gasteiger partial charge in [0.05, 0.1) is 4.32 Å². The van der Waals surface area contributed by atoms with E-state index in [-0.39, 0.29) is 4.32 Å². The fourth-order valence-electron chi connectivity index (χ4n) is 6.84. The predicted molar refractivity (Wildman–Crippen MR) is 74.6 cm³/mol. The number of benzene rings is 1. The highest BCUT2D eigenvalue weighted by molar-refractivity contribution is 9.10. The van der Waals surface area contributed by atoms with E-state index in [1.54, 1.807) is 0 Å². The predicted octanol–water partition coefficient (Wildman–Crippen LogP) is 2.91. The summed E-state index contributed by atoms with van der Waals surface area (Å²) >= 11 is 7.99. The van der Waals surface area contributed by atoms with Crippen LogP contribution in [0.5, 0.6) is 0 Å². The lowest BCUT2D eigenvalue weighted by atomic mass is 9.20.